The van der Waals surface area contributed by atoms with Crippen LogP contribution in [-0.2, 0) is 0 Å². The molecule has 94 valence electrons. The van der Waals surface area contributed by atoms with E-state index in [0.29, 0.717) is 22.6 Å². The van der Waals surface area contributed by atoms with Crippen LogP contribution in [0.5, 0.6) is 0 Å². The van der Waals surface area contributed by atoms with Crippen LogP contribution in [0, 0.1) is 10.1 Å². The molecule has 0 spiro atoms. The van der Waals surface area contributed by atoms with Crippen molar-refractivity contribution in [3.63, 3.8) is 0 Å². The van der Waals surface area contributed by atoms with Gasteiger partial charge in [0.05, 0.1) is 10.6 Å². The molecular weight excluding hydrogens is 256 g/mol. The predicted octanol–water partition coefficient (Wildman–Crippen LogP) is 2.24. The van der Waals surface area contributed by atoms with Gasteiger partial charge in [-0.25, -0.2) is 4.98 Å². The summed E-state index contributed by atoms with van der Waals surface area (Å²) in [5.41, 5.74) is 13.7. The molecule has 2 rings (SSSR count). The van der Waals surface area contributed by atoms with Crippen LogP contribution in [-0.4, -0.2) is 9.91 Å². The van der Waals surface area contributed by atoms with Gasteiger partial charge in [-0.3, -0.25) is 10.1 Å². The first-order valence-electron chi connectivity index (χ1n) is 4.84. The summed E-state index contributed by atoms with van der Waals surface area (Å²) in [7, 11) is 0. The van der Waals surface area contributed by atoms with Crippen molar-refractivity contribution in [2.24, 2.45) is 0 Å². The lowest BCUT2D eigenvalue weighted by atomic mass is 10.1. The van der Waals surface area contributed by atoms with Gasteiger partial charge < -0.3 is 11.5 Å². The average Bonchev–Trinajstić information content (AvgIpc) is 2.32. The Kier molecular flexibility index (Phi) is 4.06. The maximum absolute atomic E-state index is 10.5. The number of anilines is 2. The Labute approximate surface area is 109 Å². The second kappa shape index (κ2) is 5.33. The highest BCUT2D eigenvalue weighted by Crippen LogP contribution is 2.27. The monoisotopic (exact) mass is 266 g/mol. The fourth-order valence-corrected chi connectivity index (χ4v) is 1.45. The molecule has 0 amide bonds. The maximum Gasteiger partial charge on any atom is 0.287 e. The Morgan fingerprint density at radius 3 is 2.44 bits per heavy atom. The third kappa shape index (κ3) is 2.67. The second-order valence-electron chi connectivity index (χ2n) is 3.51. The summed E-state index contributed by atoms with van der Waals surface area (Å²) in [6.45, 7) is 0. The minimum Gasteiger partial charge on any atom is -0.399 e. The topological polar surface area (TPSA) is 108 Å². The highest BCUT2D eigenvalue weighted by molar-refractivity contribution is 5.85. The van der Waals surface area contributed by atoms with E-state index in [1.807, 2.05) is 0 Å². The van der Waals surface area contributed by atoms with Crippen molar-refractivity contribution < 1.29 is 4.92 Å². The van der Waals surface area contributed by atoms with Crippen molar-refractivity contribution in [3.05, 3.63) is 46.6 Å². The minimum absolute atomic E-state index is 0. The van der Waals surface area contributed by atoms with Crippen molar-refractivity contribution in [2.45, 2.75) is 0 Å². The van der Waals surface area contributed by atoms with Gasteiger partial charge in [-0.1, -0.05) is 0 Å². The molecule has 0 aliphatic carbocycles. The van der Waals surface area contributed by atoms with Crippen molar-refractivity contribution in [1.82, 2.24) is 4.98 Å². The van der Waals surface area contributed by atoms with Gasteiger partial charge in [0, 0.05) is 23.0 Å². The molecule has 0 unspecified atom stereocenters. The number of benzene rings is 1. The van der Waals surface area contributed by atoms with Gasteiger partial charge in [0.25, 0.3) is 5.69 Å². The van der Waals surface area contributed by atoms with Crippen LogP contribution in [0.25, 0.3) is 11.3 Å². The maximum atomic E-state index is 10.5. The van der Waals surface area contributed by atoms with E-state index in [9.17, 15) is 10.1 Å². The number of nitrogens with zero attached hydrogens (tertiary/aromatic N) is 2. The Morgan fingerprint density at radius 1 is 1.17 bits per heavy atom. The standard InChI is InChI=1S/C11H10N4O2.ClH/c12-7-1-3-10(13)9(5-7)11-4-2-8(6-14-11)15(16)17;/h1-6H,12-13H2;1H. The summed E-state index contributed by atoms with van der Waals surface area (Å²) in [5, 5.41) is 10.5. The van der Waals surface area contributed by atoms with Crippen LogP contribution in [0.1, 0.15) is 0 Å². The third-order valence-corrected chi connectivity index (χ3v) is 2.31. The number of nitrogen functional groups attached to an aromatic ring is 2. The average molecular weight is 267 g/mol. The number of hydrogen-bond donors (Lipinski definition) is 2. The Morgan fingerprint density at radius 2 is 1.89 bits per heavy atom. The summed E-state index contributed by atoms with van der Waals surface area (Å²) in [5.74, 6) is 0. The van der Waals surface area contributed by atoms with Crippen LogP contribution in [0.4, 0.5) is 17.1 Å². The van der Waals surface area contributed by atoms with Gasteiger partial charge in [-0.15, -0.1) is 12.4 Å². The summed E-state index contributed by atoms with van der Waals surface area (Å²) in [4.78, 5) is 14.0. The van der Waals surface area contributed by atoms with Crippen LogP contribution in [0.15, 0.2) is 36.5 Å². The Hall–Kier alpha value is -2.34. The number of nitrogens with two attached hydrogens (primary N) is 2. The fraction of sp³-hybridized carbons (Fsp3) is 0. The molecule has 0 atom stereocenters. The van der Waals surface area contributed by atoms with Crippen LogP contribution < -0.4 is 11.5 Å². The molecule has 0 saturated carbocycles. The van der Waals surface area contributed by atoms with E-state index in [1.54, 1.807) is 24.3 Å². The lowest BCUT2D eigenvalue weighted by Crippen LogP contribution is -1.95. The van der Waals surface area contributed by atoms with E-state index in [0.717, 1.165) is 0 Å². The molecule has 6 nitrogen and oxygen atoms in total. The highest BCUT2D eigenvalue weighted by atomic mass is 35.5. The van der Waals surface area contributed by atoms with E-state index in [4.69, 9.17) is 11.5 Å². The van der Waals surface area contributed by atoms with Crippen LogP contribution in [0.2, 0.25) is 0 Å². The van der Waals surface area contributed by atoms with Crippen molar-refractivity contribution in [3.8, 4) is 11.3 Å². The van der Waals surface area contributed by atoms with Crippen molar-refractivity contribution >= 4 is 29.5 Å². The van der Waals surface area contributed by atoms with Gasteiger partial charge in [-0.05, 0) is 24.3 Å². The quantitative estimate of drug-likeness (QED) is 0.492. The first-order valence-corrected chi connectivity index (χ1v) is 4.84. The largest absolute Gasteiger partial charge is 0.399 e. The fourth-order valence-electron chi connectivity index (χ4n) is 1.45. The molecule has 1 heterocycles. The number of halogens is 1. The molecule has 0 aliphatic rings. The summed E-state index contributed by atoms with van der Waals surface area (Å²) < 4.78 is 0. The minimum atomic E-state index is -0.501. The molecule has 1 aromatic carbocycles. The summed E-state index contributed by atoms with van der Waals surface area (Å²) in [6, 6.07) is 7.97. The van der Waals surface area contributed by atoms with Gasteiger partial charge in [0.2, 0.25) is 0 Å². The summed E-state index contributed by atoms with van der Waals surface area (Å²) >= 11 is 0. The lowest BCUT2D eigenvalue weighted by molar-refractivity contribution is -0.385. The molecule has 2 aromatic rings. The van der Waals surface area contributed by atoms with E-state index in [2.05, 4.69) is 4.98 Å². The molecule has 1 aromatic heterocycles. The zero-order chi connectivity index (χ0) is 12.4. The summed E-state index contributed by atoms with van der Waals surface area (Å²) in [6.07, 6.45) is 1.19. The highest BCUT2D eigenvalue weighted by Gasteiger charge is 2.08. The number of nitro groups is 1. The zero-order valence-electron chi connectivity index (χ0n) is 9.24. The molecule has 0 fully saturated rings. The molecule has 4 N–H and O–H groups in total. The first-order chi connectivity index (χ1) is 8.08. The second-order valence-corrected chi connectivity index (χ2v) is 3.51. The van der Waals surface area contributed by atoms with Crippen LogP contribution >= 0.6 is 12.4 Å². The van der Waals surface area contributed by atoms with Gasteiger partial charge in [0.15, 0.2) is 0 Å². The lowest BCUT2D eigenvalue weighted by Gasteiger charge is -2.05. The number of aromatic nitrogens is 1. The molecule has 0 bridgehead atoms. The number of rotatable bonds is 2. The van der Waals surface area contributed by atoms with E-state index in [-0.39, 0.29) is 18.1 Å². The smallest absolute Gasteiger partial charge is 0.287 e. The van der Waals surface area contributed by atoms with E-state index in [1.165, 1.54) is 12.3 Å². The molecule has 18 heavy (non-hydrogen) atoms. The Balaban J connectivity index is 0.00000162. The van der Waals surface area contributed by atoms with Crippen LogP contribution in [0.3, 0.4) is 0 Å². The molecule has 0 aliphatic heterocycles. The van der Waals surface area contributed by atoms with Gasteiger partial charge in [0.1, 0.15) is 6.20 Å². The molecular formula is C11H11ClN4O2. The molecule has 0 radical (unpaired) electrons. The number of pyridine rings is 1. The van der Waals surface area contributed by atoms with E-state index < -0.39 is 4.92 Å². The van der Waals surface area contributed by atoms with Gasteiger partial charge in [-0.2, -0.15) is 0 Å². The SMILES string of the molecule is Cl.Nc1ccc(N)c(-c2ccc([N+](=O)[O-])cn2)c1. The molecule has 0 saturated heterocycles. The predicted molar refractivity (Wildman–Crippen MR) is 72.4 cm³/mol. The third-order valence-electron chi connectivity index (χ3n) is 2.31. The molecule has 7 heteroatoms. The van der Waals surface area contributed by atoms with Crippen molar-refractivity contribution in [1.29, 1.82) is 0 Å². The van der Waals surface area contributed by atoms with Crippen molar-refractivity contribution in [2.75, 3.05) is 11.5 Å². The van der Waals surface area contributed by atoms with E-state index >= 15 is 0 Å². The number of hydrogen-bond acceptors (Lipinski definition) is 5. The van der Waals surface area contributed by atoms with Gasteiger partial charge >= 0.3 is 0 Å². The zero-order valence-corrected chi connectivity index (χ0v) is 10.1. The first kappa shape index (κ1) is 13.7. The normalized spacial score (nSPS) is 9.56. The Bertz CT molecular complexity index is 572.